The van der Waals surface area contributed by atoms with Crippen LogP contribution in [0.5, 0.6) is 0 Å². The van der Waals surface area contributed by atoms with Gasteiger partial charge < -0.3 is 0 Å². The molecule has 1 aromatic carbocycles. The average molecular weight is 213 g/mol. The molecule has 79 valence electrons. The zero-order valence-corrected chi connectivity index (χ0v) is 8.60. The van der Waals surface area contributed by atoms with Gasteiger partial charge in [0.15, 0.2) is 0 Å². The minimum absolute atomic E-state index is 0.452. The molecule has 1 radical (unpaired) electrons. The number of nitrogens with zero attached hydrogens (tertiary/aromatic N) is 2. The lowest BCUT2D eigenvalue weighted by atomic mass is 10.1. The van der Waals surface area contributed by atoms with Crippen molar-refractivity contribution in [2.24, 2.45) is 0 Å². The monoisotopic (exact) mass is 213 g/mol. The van der Waals surface area contributed by atoms with Crippen molar-refractivity contribution in [1.29, 1.82) is 0 Å². The van der Waals surface area contributed by atoms with Crippen LogP contribution in [0.1, 0.15) is 5.56 Å². The Labute approximate surface area is 93.5 Å². The van der Waals surface area contributed by atoms with Crippen LogP contribution in [0.3, 0.4) is 0 Å². The van der Waals surface area contributed by atoms with Gasteiger partial charge in [-0.05, 0) is 11.6 Å². The minimum atomic E-state index is -0.452. The highest BCUT2D eigenvalue weighted by Crippen LogP contribution is 2.17. The first-order valence-electron chi connectivity index (χ1n) is 4.81. The van der Waals surface area contributed by atoms with Gasteiger partial charge in [0.05, 0.1) is 11.9 Å². The molecular formula is C13H10FN2. The summed E-state index contributed by atoms with van der Waals surface area (Å²) < 4.78 is 12.5. The lowest BCUT2D eigenvalue weighted by molar-refractivity contribution is 0.673. The van der Waals surface area contributed by atoms with Gasteiger partial charge in [0.2, 0.25) is 0 Å². The van der Waals surface area contributed by atoms with Crippen LogP contribution in [0.4, 0.5) is 4.39 Å². The Morgan fingerprint density at radius 1 is 1.19 bits per heavy atom. The van der Waals surface area contributed by atoms with Crippen LogP contribution in [0.25, 0.3) is 17.3 Å². The lowest BCUT2D eigenvalue weighted by Gasteiger charge is -2.00. The molecule has 0 spiro atoms. The first-order valence-corrected chi connectivity index (χ1v) is 4.81. The third-order valence-electron chi connectivity index (χ3n) is 2.09. The Kier molecular flexibility index (Phi) is 3.05. The minimum Gasteiger partial charge on any atom is -0.261 e. The summed E-state index contributed by atoms with van der Waals surface area (Å²) in [6, 6.07) is 7.38. The van der Waals surface area contributed by atoms with E-state index in [4.69, 9.17) is 0 Å². The second-order valence-electron chi connectivity index (χ2n) is 3.30. The van der Waals surface area contributed by atoms with E-state index in [1.54, 1.807) is 18.6 Å². The second-order valence-corrected chi connectivity index (χ2v) is 3.30. The van der Waals surface area contributed by atoms with E-state index in [9.17, 15) is 4.39 Å². The molecule has 0 amide bonds. The molecule has 1 aromatic heterocycles. The summed E-state index contributed by atoms with van der Waals surface area (Å²) in [5.74, 6) is -0.452. The number of rotatable bonds is 2. The number of allylic oxidation sites excluding steroid dienone is 1. The molecule has 2 aromatic rings. The van der Waals surface area contributed by atoms with Crippen LogP contribution in [-0.2, 0) is 0 Å². The Morgan fingerprint density at radius 2 is 1.94 bits per heavy atom. The van der Waals surface area contributed by atoms with Crippen molar-refractivity contribution in [3.8, 4) is 11.3 Å². The summed E-state index contributed by atoms with van der Waals surface area (Å²) in [5.41, 5.74) is 2.53. The van der Waals surface area contributed by atoms with Gasteiger partial charge in [0.25, 0.3) is 0 Å². The number of benzene rings is 1. The quantitative estimate of drug-likeness (QED) is 0.765. The van der Waals surface area contributed by atoms with Crippen LogP contribution in [0, 0.1) is 6.92 Å². The molecule has 3 heteroatoms. The standard InChI is InChI=1S/C13H10FN2/c1-10(14)8-11-2-4-12(5-3-11)13-9-15-6-7-16-13/h2-9H,1H2/b10-8-. The molecule has 0 aliphatic rings. The summed E-state index contributed by atoms with van der Waals surface area (Å²) in [6.45, 7) is 3.19. The first-order chi connectivity index (χ1) is 7.75. The van der Waals surface area contributed by atoms with E-state index in [1.807, 2.05) is 24.3 Å². The molecule has 2 rings (SSSR count). The van der Waals surface area contributed by atoms with Crippen molar-refractivity contribution < 1.29 is 4.39 Å². The summed E-state index contributed by atoms with van der Waals surface area (Å²) >= 11 is 0. The van der Waals surface area contributed by atoms with Gasteiger partial charge in [0, 0.05) is 24.9 Å². The van der Waals surface area contributed by atoms with Gasteiger partial charge in [-0.2, -0.15) is 0 Å². The maximum atomic E-state index is 12.5. The number of hydrogen-bond acceptors (Lipinski definition) is 2. The van der Waals surface area contributed by atoms with Crippen LogP contribution < -0.4 is 0 Å². The van der Waals surface area contributed by atoms with Crippen LogP contribution in [0.15, 0.2) is 48.7 Å². The molecule has 0 bridgehead atoms. The third kappa shape index (κ3) is 2.51. The Bertz CT molecular complexity index is 485. The van der Waals surface area contributed by atoms with E-state index in [-0.39, 0.29) is 0 Å². The number of hydrogen-bond donors (Lipinski definition) is 0. The van der Waals surface area contributed by atoms with E-state index < -0.39 is 5.83 Å². The molecule has 16 heavy (non-hydrogen) atoms. The van der Waals surface area contributed by atoms with Crippen molar-refractivity contribution in [2.45, 2.75) is 0 Å². The smallest absolute Gasteiger partial charge is 0.101 e. The SMILES string of the molecule is [CH2]/C(F)=C/c1ccc(-c2cnccn2)cc1. The lowest BCUT2D eigenvalue weighted by Crippen LogP contribution is -1.84. The van der Waals surface area contributed by atoms with Crippen LogP contribution >= 0.6 is 0 Å². The van der Waals surface area contributed by atoms with E-state index >= 15 is 0 Å². The molecule has 0 unspecified atom stereocenters. The molecular weight excluding hydrogens is 203 g/mol. The summed E-state index contributed by atoms with van der Waals surface area (Å²) in [4.78, 5) is 8.16. The average Bonchev–Trinajstić information content (AvgIpc) is 2.30. The molecule has 0 aliphatic heterocycles. The maximum Gasteiger partial charge on any atom is 0.101 e. The zero-order chi connectivity index (χ0) is 11.4. The highest BCUT2D eigenvalue weighted by molar-refractivity contribution is 5.62. The topological polar surface area (TPSA) is 25.8 Å². The summed E-state index contributed by atoms with van der Waals surface area (Å²) in [6.07, 6.45) is 6.32. The third-order valence-corrected chi connectivity index (χ3v) is 2.09. The first kappa shape index (κ1) is 10.5. The molecule has 0 fully saturated rings. The molecule has 0 saturated heterocycles. The van der Waals surface area contributed by atoms with E-state index in [0.717, 1.165) is 16.8 Å². The number of halogens is 1. The maximum absolute atomic E-state index is 12.5. The molecule has 0 aliphatic carbocycles. The Balaban J connectivity index is 2.30. The zero-order valence-electron chi connectivity index (χ0n) is 8.60. The van der Waals surface area contributed by atoms with Gasteiger partial charge >= 0.3 is 0 Å². The predicted octanol–water partition coefficient (Wildman–Crippen LogP) is 3.29. The van der Waals surface area contributed by atoms with Crippen molar-refractivity contribution >= 4 is 6.08 Å². The van der Waals surface area contributed by atoms with E-state index in [1.165, 1.54) is 6.08 Å². The highest BCUT2D eigenvalue weighted by Gasteiger charge is 1.98. The predicted molar refractivity (Wildman–Crippen MR) is 61.9 cm³/mol. The van der Waals surface area contributed by atoms with Gasteiger partial charge in [-0.1, -0.05) is 24.3 Å². The van der Waals surface area contributed by atoms with Crippen LogP contribution in [0.2, 0.25) is 0 Å². The molecule has 0 saturated carbocycles. The largest absolute Gasteiger partial charge is 0.261 e. The Morgan fingerprint density at radius 3 is 2.50 bits per heavy atom. The second kappa shape index (κ2) is 4.66. The van der Waals surface area contributed by atoms with Gasteiger partial charge in [-0.15, -0.1) is 0 Å². The van der Waals surface area contributed by atoms with Crippen LogP contribution in [-0.4, -0.2) is 9.97 Å². The summed E-state index contributed by atoms with van der Waals surface area (Å²) in [7, 11) is 0. The summed E-state index contributed by atoms with van der Waals surface area (Å²) in [5, 5.41) is 0. The molecule has 0 atom stereocenters. The molecule has 1 heterocycles. The van der Waals surface area contributed by atoms with Crippen molar-refractivity contribution in [3.05, 3.63) is 61.2 Å². The van der Waals surface area contributed by atoms with E-state index in [0.29, 0.717) is 0 Å². The van der Waals surface area contributed by atoms with E-state index in [2.05, 4.69) is 16.9 Å². The Hall–Kier alpha value is -2.03. The van der Waals surface area contributed by atoms with Crippen molar-refractivity contribution in [3.63, 3.8) is 0 Å². The fraction of sp³-hybridized carbons (Fsp3) is 0. The van der Waals surface area contributed by atoms with Gasteiger partial charge in [-0.25, -0.2) is 4.39 Å². The molecule has 2 nitrogen and oxygen atoms in total. The normalized spacial score (nSPS) is 11.5. The van der Waals surface area contributed by atoms with Crippen molar-refractivity contribution in [1.82, 2.24) is 9.97 Å². The van der Waals surface area contributed by atoms with Gasteiger partial charge in [-0.3, -0.25) is 9.97 Å². The van der Waals surface area contributed by atoms with Gasteiger partial charge in [0.1, 0.15) is 5.83 Å². The highest BCUT2D eigenvalue weighted by atomic mass is 19.1. The fourth-order valence-corrected chi connectivity index (χ4v) is 1.38. The fourth-order valence-electron chi connectivity index (χ4n) is 1.38. The number of aromatic nitrogens is 2. The molecule has 0 N–H and O–H groups in total. The van der Waals surface area contributed by atoms with Crippen molar-refractivity contribution in [2.75, 3.05) is 0 Å².